The molecule has 23 heavy (non-hydrogen) atoms. The van der Waals surface area contributed by atoms with Gasteiger partial charge in [0.1, 0.15) is 5.60 Å². The maximum Gasteiger partial charge on any atom is 0.471 e. The minimum atomic E-state index is -4.98. The lowest BCUT2D eigenvalue weighted by Gasteiger charge is -2.42. The number of alkyl halides is 3. The second-order valence-electron chi connectivity index (χ2n) is 6.84. The van der Waals surface area contributed by atoms with E-state index in [0.717, 1.165) is 0 Å². The molecule has 0 bridgehead atoms. The van der Waals surface area contributed by atoms with Crippen LogP contribution in [0, 0.1) is 5.41 Å². The highest BCUT2D eigenvalue weighted by molar-refractivity contribution is 5.81. The Morgan fingerprint density at radius 2 is 1.91 bits per heavy atom. The number of carbonyl (C=O) groups is 2. The lowest BCUT2D eigenvalue weighted by Crippen LogP contribution is -2.54. The fourth-order valence-corrected chi connectivity index (χ4v) is 2.39. The third-order valence-electron chi connectivity index (χ3n) is 3.53. The first-order valence-corrected chi connectivity index (χ1v) is 7.32. The van der Waals surface area contributed by atoms with E-state index in [1.54, 1.807) is 26.1 Å². The van der Waals surface area contributed by atoms with Gasteiger partial charge in [-0.05, 0) is 33.6 Å². The number of hydrogen-bond donors (Lipinski definition) is 2. The van der Waals surface area contributed by atoms with Crippen molar-refractivity contribution in [1.29, 1.82) is 0 Å². The summed E-state index contributed by atoms with van der Waals surface area (Å²) >= 11 is 0. The molecule has 0 spiro atoms. The molecule has 2 amide bonds. The van der Waals surface area contributed by atoms with Crippen molar-refractivity contribution in [2.75, 3.05) is 26.2 Å². The van der Waals surface area contributed by atoms with Gasteiger partial charge in [0.05, 0.1) is 6.61 Å². The molecule has 0 aromatic carbocycles. The topological polar surface area (TPSA) is 78.9 Å². The lowest BCUT2D eigenvalue weighted by atomic mass is 9.80. The van der Waals surface area contributed by atoms with E-state index in [1.165, 1.54) is 4.90 Å². The molecule has 1 heterocycles. The van der Waals surface area contributed by atoms with Crippen LogP contribution in [-0.4, -0.2) is 60.0 Å². The van der Waals surface area contributed by atoms with E-state index in [0.29, 0.717) is 19.4 Å². The van der Waals surface area contributed by atoms with Gasteiger partial charge in [-0.25, -0.2) is 4.79 Å². The predicted molar refractivity (Wildman–Crippen MR) is 75.6 cm³/mol. The van der Waals surface area contributed by atoms with Gasteiger partial charge >= 0.3 is 18.2 Å². The highest BCUT2D eigenvalue weighted by Gasteiger charge is 2.42. The van der Waals surface area contributed by atoms with Gasteiger partial charge in [-0.1, -0.05) is 0 Å². The number of aliphatic hydroxyl groups is 1. The van der Waals surface area contributed by atoms with Crippen molar-refractivity contribution in [3.05, 3.63) is 0 Å². The first-order valence-electron chi connectivity index (χ1n) is 7.32. The van der Waals surface area contributed by atoms with Gasteiger partial charge in [0, 0.05) is 25.0 Å². The molecule has 0 radical (unpaired) electrons. The molecule has 134 valence electrons. The van der Waals surface area contributed by atoms with Crippen molar-refractivity contribution in [2.24, 2.45) is 5.41 Å². The third-order valence-corrected chi connectivity index (χ3v) is 3.53. The molecule has 1 aliphatic heterocycles. The molecular formula is C14H23F3N2O4. The zero-order chi connectivity index (χ0) is 17.9. The molecule has 0 saturated carbocycles. The zero-order valence-electron chi connectivity index (χ0n) is 13.5. The molecule has 1 rings (SSSR count). The van der Waals surface area contributed by atoms with E-state index in [1.807, 2.05) is 0 Å². The Kier molecular flexibility index (Phi) is 5.89. The van der Waals surface area contributed by atoms with Crippen LogP contribution in [0.25, 0.3) is 0 Å². The van der Waals surface area contributed by atoms with E-state index in [2.05, 4.69) is 0 Å². The average molecular weight is 340 g/mol. The predicted octanol–water partition coefficient (Wildman–Crippen LogP) is 1.67. The number of amides is 2. The molecule has 1 aliphatic rings. The lowest BCUT2D eigenvalue weighted by molar-refractivity contribution is -0.174. The number of nitrogens with one attached hydrogen (secondary N) is 1. The van der Waals surface area contributed by atoms with Gasteiger partial charge in [-0.15, -0.1) is 0 Å². The third kappa shape index (κ3) is 5.89. The summed E-state index contributed by atoms with van der Waals surface area (Å²) in [4.78, 5) is 24.4. The van der Waals surface area contributed by atoms with Crippen molar-refractivity contribution >= 4 is 12.0 Å². The Morgan fingerprint density at radius 3 is 2.39 bits per heavy atom. The molecule has 0 aliphatic carbocycles. The van der Waals surface area contributed by atoms with Crippen LogP contribution >= 0.6 is 0 Å². The van der Waals surface area contributed by atoms with Crippen molar-refractivity contribution in [1.82, 2.24) is 10.2 Å². The largest absolute Gasteiger partial charge is 0.471 e. The van der Waals surface area contributed by atoms with Gasteiger partial charge in [-0.2, -0.15) is 13.2 Å². The van der Waals surface area contributed by atoms with Gasteiger partial charge in [0.25, 0.3) is 0 Å². The van der Waals surface area contributed by atoms with Crippen molar-refractivity contribution in [3.8, 4) is 0 Å². The Bertz CT molecular complexity index is 448. The summed E-state index contributed by atoms with van der Waals surface area (Å²) in [5, 5.41) is 11.4. The Morgan fingerprint density at radius 1 is 1.30 bits per heavy atom. The number of rotatable bonds is 3. The number of nitrogens with zero attached hydrogens (tertiary/aromatic N) is 1. The SMILES string of the molecule is CC(C)(C)OC(=O)N1CCCC(CO)(CNC(=O)C(F)(F)F)C1. The Balaban J connectivity index is 2.71. The van der Waals surface area contributed by atoms with Crippen LogP contribution in [0.4, 0.5) is 18.0 Å². The Hall–Kier alpha value is -1.51. The molecule has 1 fully saturated rings. The first kappa shape index (κ1) is 19.5. The number of carbonyl (C=O) groups excluding carboxylic acids is 2. The second kappa shape index (κ2) is 6.94. The van der Waals surface area contributed by atoms with Crippen molar-refractivity contribution in [3.63, 3.8) is 0 Å². The minimum absolute atomic E-state index is 0.0244. The first-order chi connectivity index (χ1) is 10.4. The molecule has 2 N–H and O–H groups in total. The monoisotopic (exact) mass is 340 g/mol. The van der Waals surface area contributed by atoms with Gasteiger partial charge < -0.3 is 20.1 Å². The van der Waals surface area contributed by atoms with E-state index >= 15 is 0 Å². The van der Waals surface area contributed by atoms with Crippen LogP contribution < -0.4 is 5.32 Å². The number of aliphatic hydroxyl groups excluding tert-OH is 1. The van der Waals surface area contributed by atoms with Crippen molar-refractivity contribution in [2.45, 2.75) is 45.4 Å². The standard InChI is InChI=1S/C14H23F3N2O4/c1-12(2,3)23-11(22)19-6-4-5-13(8-19,9-20)7-18-10(21)14(15,16)17/h20H,4-9H2,1-3H3,(H,18,21). The molecule has 0 aromatic heterocycles. The maximum absolute atomic E-state index is 12.3. The van der Waals surface area contributed by atoms with Crippen LogP contribution in [0.2, 0.25) is 0 Å². The molecule has 1 saturated heterocycles. The normalized spacial score (nSPS) is 22.7. The van der Waals surface area contributed by atoms with E-state index in [9.17, 15) is 27.9 Å². The number of hydrogen-bond acceptors (Lipinski definition) is 4. The summed E-state index contributed by atoms with van der Waals surface area (Å²) in [5.74, 6) is -2.06. The summed E-state index contributed by atoms with van der Waals surface area (Å²) in [6, 6.07) is 0. The fraction of sp³-hybridized carbons (Fsp3) is 0.857. The minimum Gasteiger partial charge on any atom is -0.444 e. The quantitative estimate of drug-likeness (QED) is 0.819. The summed E-state index contributed by atoms with van der Waals surface area (Å²) < 4.78 is 42.0. The van der Waals surface area contributed by atoms with Crippen LogP contribution in [-0.2, 0) is 9.53 Å². The summed E-state index contributed by atoms with van der Waals surface area (Å²) in [6.45, 7) is 4.74. The number of halogens is 3. The molecule has 9 heteroatoms. The molecule has 6 nitrogen and oxygen atoms in total. The van der Waals surface area contributed by atoms with Crippen LogP contribution in [0.5, 0.6) is 0 Å². The summed E-state index contributed by atoms with van der Waals surface area (Å²) in [7, 11) is 0. The number of piperidine rings is 1. The van der Waals surface area contributed by atoms with Crippen LogP contribution in [0.15, 0.2) is 0 Å². The Labute approximate surface area is 133 Å². The highest BCUT2D eigenvalue weighted by atomic mass is 19.4. The number of likely N-dealkylation sites (tertiary alicyclic amines) is 1. The summed E-state index contributed by atoms with van der Waals surface area (Å²) in [6.07, 6.45) is -4.66. The zero-order valence-corrected chi connectivity index (χ0v) is 13.5. The van der Waals surface area contributed by atoms with Gasteiger partial charge in [0.15, 0.2) is 0 Å². The van der Waals surface area contributed by atoms with Gasteiger partial charge in [-0.3, -0.25) is 4.79 Å². The smallest absolute Gasteiger partial charge is 0.444 e. The van der Waals surface area contributed by atoms with E-state index < -0.39 is 35.8 Å². The molecule has 0 aromatic rings. The summed E-state index contributed by atoms with van der Waals surface area (Å²) in [5.41, 5.74) is -1.70. The van der Waals surface area contributed by atoms with Crippen LogP contribution in [0.3, 0.4) is 0 Å². The second-order valence-corrected chi connectivity index (χ2v) is 6.84. The number of ether oxygens (including phenoxy) is 1. The average Bonchev–Trinajstić information content (AvgIpc) is 2.42. The van der Waals surface area contributed by atoms with Crippen LogP contribution in [0.1, 0.15) is 33.6 Å². The van der Waals surface area contributed by atoms with E-state index in [-0.39, 0.29) is 13.1 Å². The molecule has 1 atom stereocenters. The van der Waals surface area contributed by atoms with Gasteiger partial charge in [0.2, 0.25) is 0 Å². The maximum atomic E-state index is 12.3. The molecular weight excluding hydrogens is 317 g/mol. The highest BCUT2D eigenvalue weighted by Crippen LogP contribution is 2.30. The van der Waals surface area contributed by atoms with E-state index in [4.69, 9.17) is 4.74 Å². The fourth-order valence-electron chi connectivity index (χ4n) is 2.39. The molecule has 1 unspecified atom stereocenters. The van der Waals surface area contributed by atoms with Crippen molar-refractivity contribution < 1.29 is 32.6 Å².